The predicted octanol–water partition coefficient (Wildman–Crippen LogP) is 1.32. The van der Waals surface area contributed by atoms with Crippen molar-refractivity contribution in [3.63, 3.8) is 0 Å². The summed E-state index contributed by atoms with van der Waals surface area (Å²) >= 11 is 0.952. The van der Waals surface area contributed by atoms with Gasteiger partial charge in [0.1, 0.15) is 10.9 Å². The maximum Gasteiger partial charge on any atom is 0.316 e. The molecule has 1 aromatic heterocycles. The molecule has 1 atom stereocenters. The van der Waals surface area contributed by atoms with Gasteiger partial charge in [0.2, 0.25) is 0 Å². The zero-order valence-corrected chi connectivity index (χ0v) is 11.6. The Morgan fingerprint density at radius 2 is 2.05 bits per heavy atom. The molecule has 1 unspecified atom stereocenters. The van der Waals surface area contributed by atoms with E-state index >= 15 is 0 Å². The number of carbonyl (C=O) groups is 1. The third-order valence-electron chi connectivity index (χ3n) is 2.59. The lowest BCUT2D eigenvalue weighted by Gasteiger charge is -2.05. The van der Waals surface area contributed by atoms with Gasteiger partial charge in [-0.3, -0.25) is 14.6 Å². The number of H-pyrrole nitrogens is 1. The number of thioether (sulfide) groups is 1. The van der Waals surface area contributed by atoms with Gasteiger partial charge in [0.15, 0.2) is 5.16 Å². The lowest BCUT2D eigenvalue weighted by atomic mass is 10.1. The van der Waals surface area contributed by atoms with E-state index in [1.807, 2.05) is 30.3 Å². The van der Waals surface area contributed by atoms with E-state index in [0.29, 0.717) is 12.1 Å². The minimum atomic E-state index is -0.967. The van der Waals surface area contributed by atoms with Gasteiger partial charge in [0, 0.05) is 6.42 Å². The lowest BCUT2D eigenvalue weighted by molar-refractivity contribution is -0.136. The molecule has 104 valence electrons. The van der Waals surface area contributed by atoms with E-state index in [1.54, 1.807) is 0 Å². The maximum absolute atomic E-state index is 11.9. The van der Waals surface area contributed by atoms with Crippen LogP contribution in [0.3, 0.4) is 0 Å². The summed E-state index contributed by atoms with van der Waals surface area (Å²) in [6, 6.07) is 9.46. The van der Waals surface area contributed by atoms with Crippen LogP contribution in [0.2, 0.25) is 0 Å². The van der Waals surface area contributed by atoms with Crippen molar-refractivity contribution < 1.29 is 9.90 Å². The minimum Gasteiger partial charge on any atom is -0.480 e. The van der Waals surface area contributed by atoms with Gasteiger partial charge in [0.25, 0.3) is 5.56 Å². The number of nitrogens with zero attached hydrogens (tertiary/aromatic N) is 2. The molecule has 0 bridgehead atoms. The number of aliphatic carboxylic acids is 1. The van der Waals surface area contributed by atoms with E-state index in [1.165, 1.54) is 6.92 Å². The first-order valence-corrected chi connectivity index (χ1v) is 6.83. The van der Waals surface area contributed by atoms with Crippen LogP contribution in [-0.2, 0) is 11.2 Å². The molecule has 0 radical (unpaired) electrons. The van der Waals surface area contributed by atoms with Crippen molar-refractivity contribution >= 4 is 17.7 Å². The van der Waals surface area contributed by atoms with Crippen molar-refractivity contribution in [3.05, 3.63) is 51.9 Å². The van der Waals surface area contributed by atoms with Gasteiger partial charge in [-0.25, -0.2) is 0 Å². The number of hydrogen-bond donors (Lipinski definition) is 2. The highest BCUT2D eigenvalue weighted by Crippen LogP contribution is 2.17. The number of nitrogens with one attached hydrogen (secondary N) is 1. The molecule has 2 aromatic rings. The largest absolute Gasteiger partial charge is 0.480 e. The van der Waals surface area contributed by atoms with Crippen molar-refractivity contribution in [1.82, 2.24) is 15.2 Å². The fourth-order valence-electron chi connectivity index (χ4n) is 1.52. The molecule has 0 saturated carbocycles. The fourth-order valence-corrected chi connectivity index (χ4v) is 2.20. The van der Waals surface area contributed by atoms with Crippen molar-refractivity contribution in [2.75, 3.05) is 0 Å². The number of rotatable bonds is 5. The van der Waals surface area contributed by atoms with E-state index in [0.717, 1.165) is 17.3 Å². The van der Waals surface area contributed by atoms with E-state index < -0.39 is 11.2 Å². The first-order chi connectivity index (χ1) is 9.56. The molecule has 0 aliphatic rings. The highest BCUT2D eigenvalue weighted by atomic mass is 32.2. The minimum absolute atomic E-state index is 0.210. The van der Waals surface area contributed by atoms with Crippen LogP contribution in [0, 0.1) is 0 Å². The van der Waals surface area contributed by atoms with Crippen molar-refractivity contribution in [2.24, 2.45) is 0 Å². The summed E-state index contributed by atoms with van der Waals surface area (Å²) in [5, 5.41) is 16.0. The van der Waals surface area contributed by atoms with Crippen LogP contribution in [-0.4, -0.2) is 31.5 Å². The van der Waals surface area contributed by atoms with Crippen molar-refractivity contribution in [1.29, 1.82) is 0 Å². The van der Waals surface area contributed by atoms with Crippen molar-refractivity contribution in [2.45, 2.75) is 23.8 Å². The van der Waals surface area contributed by atoms with Crippen LogP contribution in [0.4, 0.5) is 0 Å². The maximum atomic E-state index is 11.9. The molecule has 0 spiro atoms. The zero-order chi connectivity index (χ0) is 14.5. The first-order valence-electron chi connectivity index (χ1n) is 5.95. The second-order valence-electron chi connectivity index (χ2n) is 4.17. The predicted molar refractivity (Wildman–Crippen MR) is 74.9 cm³/mol. The molecule has 0 fully saturated rings. The van der Waals surface area contributed by atoms with Crippen LogP contribution < -0.4 is 5.56 Å². The molecule has 1 heterocycles. The molecule has 0 amide bonds. The van der Waals surface area contributed by atoms with E-state index in [9.17, 15) is 9.59 Å². The lowest BCUT2D eigenvalue weighted by Crippen LogP contribution is -2.19. The Labute approximate surface area is 119 Å². The normalized spacial score (nSPS) is 12.1. The van der Waals surface area contributed by atoms with Crippen LogP contribution >= 0.6 is 11.8 Å². The SMILES string of the molecule is CC(Sc1nnc(Cc2ccccc2)c(=O)[nH]1)C(=O)O. The summed E-state index contributed by atoms with van der Waals surface area (Å²) in [4.78, 5) is 25.2. The number of aromatic amines is 1. The third-order valence-corrected chi connectivity index (χ3v) is 3.56. The highest BCUT2D eigenvalue weighted by molar-refractivity contribution is 8.00. The average Bonchev–Trinajstić information content (AvgIpc) is 2.43. The molecule has 2 N–H and O–H groups in total. The Morgan fingerprint density at radius 3 is 2.65 bits per heavy atom. The van der Waals surface area contributed by atoms with E-state index in [-0.39, 0.29) is 10.7 Å². The van der Waals surface area contributed by atoms with Gasteiger partial charge < -0.3 is 5.11 Å². The van der Waals surface area contributed by atoms with Crippen LogP contribution in [0.25, 0.3) is 0 Å². The van der Waals surface area contributed by atoms with Crippen LogP contribution in [0.1, 0.15) is 18.2 Å². The fraction of sp³-hybridized carbons (Fsp3) is 0.231. The Morgan fingerprint density at radius 1 is 1.35 bits per heavy atom. The summed E-state index contributed by atoms with van der Waals surface area (Å²) in [6.45, 7) is 1.52. The monoisotopic (exact) mass is 291 g/mol. The molecular formula is C13H13N3O3S. The molecule has 0 saturated heterocycles. The second-order valence-corrected chi connectivity index (χ2v) is 5.50. The van der Waals surface area contributed by atoms with Gasteiger partial charge >= 0.3 is 5.97 Å². The number of hydrogen-bond acceptors (Lipinski definition) is 5. The van der Waals surface area contributed by atoms with Gasteiger partial charge in [-0.1, -0.05) is 42.1 Å². The quantitative estimate of drug-likeness (QED) is 0.807. The van der Waals surface area contributed by atoms with Crippen LogP contribution in [0.15, 0.2) is 40.3 Å². The summed E-state index contributed by atoms with van der Waals surface area (Å²) in [5.41, 5.74) is 0.930. The number of benzene rings is 1. The molecule has 6 nitrogen and oxygen atoms in total. The van der Waals surface area contributed by atoms with Crippen molar-refractivity contribution in [3.8, 4) is 0 Å². The molecular weight excluding hydrogens is 278 g/mol. The molecule has 1 aromatic carbocycles. The van der Waals surface area contributed by atoms with E-state index in [2.05, 4.69) is 15.2 Å². The summed E-state index contributed by atoms with van der Waals surface area (Å²) in [7, 11) is 0. The summed E-state index contributed by atoms with van der Waals surface area (Å²) in [5.74, 6) is -0.967. The van der Waals surface area contributed by atoms with Gasteiger partial charge in [-0.2, -0.15) is 0 Å². The standard InChI is InChI=1S/C13H13N3O3S/c1-8(12(18)19)20-13-14-11(17)10(15-16-13)7-9-5-3-2-4-6-9/h2-6,8H,7H2,1H3,(H,18,19)(H,14,16,17). The first kappa shape index (κ1) is 14.3. The Kier molecular flexibility index (Phi) is 4.52. The highest BCUT2D eigenvalue weighted by Gasteiger charge is 2.15. The summed E-state index contributed by atoms with van der Waals surface area (Å²) < 4.78 is 0. The Bertz CT molecular complexity index is 657. The molecule has 0 aliphatic carbocycles. The third kappa shape index (κ3) is 3.67. The number of carboxylic acid groups (broad SMARTS) is 1. The smallest absolute Gasteiger partial charge is 0.316 e. The summed E-state index contributed by atoms with van der Waals surface area (Å²) in [6.07, 6.45) is 0.391. The molecule has 2 rings (SSSR count). The van der Waals surface area contributed by atoms with Gasteiger partial charge in [-0.15, -0.1) is 10.2 Å². The number of aromatic nitrogens is 3. The van der Waals surface area contributed by atoms with Gasteiger partial charge in [-0.05, 0) is 12.5 Å². The van der Waals surface area contributed by atoms with Gasteiger partial charge in [0.05, 0.1) is 0 Å². The molecule has 0 aliphatic heterocycles. The van der Waals surface area contributed by atoms with Crippen LogP contribution in [0.5, 0.6) is 0 Å². The second kappa shape index (κ2) is 6.33. The Balaban J connectivity index is 2.14. The topological polar surface area (TPSA) is 95.9 Å². The molecule has 7 heteroatoms. The van der Waals surface area contributed by atoms with E-state index in [4.69, 9.17) is 5.11 Å². The number of carboxylic acids is 1. The average molecular weight is 291 g/mol. The zero-order valence-electron chi connectivity index (χ0n) is 10.7. The Hall–Kier alpha value is -2.15. The molecule has 20 heavy (non-hydrogen) atoms.